The van der Waals surface area contributed by atoms with Crippen LogP contribution >= 0.6 is 0 Å². The summed E-state index contributed by atoms with van der Waals surface area (Å²) < 4.78 is 5.04. The minimum atomic E-state index is -0.540. The van der Waals surface area contributed by atoms with Crippen molar-refractivity contribution in [2.75, 3.05) is 7.11 Å². The van der Waals surface area contributed by atoms with Crippen molar-refractivity contribution < 1.29 is 9.57 Å². The summed E-state index contributed by atoms with van der Waals surface area (Å²) in [7, 11) is 1.59. The van der Waals surface area contributed by atoms with Gasteiger partial charge in [0.15, 0.2) is 0 Å². The van der Waals surface area contributed by atoms with Gasteiger partial charge in [-0.3, -0.25) is 9.82 Å². The summed E-state index contributed by atoms with van der Waals surface area (Å²) in [5, 5.41) is 0. The first-order valence-corrected chi connectivity index (χ1v) is 3.97. The topological polar surface area (TPSA) is 57.4 Å². The standard InChI is InChI=1S/C9H14N2O2/c1-9(2,13-10)7-4-8(12-3)6-11-5-7/h4-6H,10H2,1-3H3. The Balaban J connectivity index is 3.01. The van der Waals surface area contributed by atoms with Crippen molar-refractivity contribution in [2.45, 2.75) is 19.4 Å². The molecule has 2 N–H and O–H groups in total. The molecule has 0 aliphatic heterocycles. The Kier molecular flexibility index (Phi) is 2.85. The van der Waals surface area contributed by atoms with Gasteiger partial charge in [0, 0.05) is 11.8 Å². The quantitative estimate of drug-likeness (QED) is 0.714. The number of rotatable bonds is 3. The molecule has 0 saturated carbocycles. The van der Waals surface area contributed by atoms with E-state index in [9.17, 15) is 0 Å². The first-order valence-electron chi connectivity index (χ1n) is 3.97. The Morgan fingerprint density at radius 2 is 2.08 bits per heavy atom. The minimum absolute atomic E-state index is 0.540. The predicted molar refractivity (Wildman–Crippen MR) is 49.1 cm³/mol. The first kappa shape index (κ1) is 9.95. The van der Waals surface area contributed by atoms with Gasteiger partial charge in [-0.05, 0) is 19.9 Å². The van der Waals surface area contributed by atoms with Crippen molar-refractivity contribution in [2.24, 2.45) is 5.90 Å². The van der Waals surface area contributed by atoms with Crippen molar-refractivity contribution in [3.05, 3.63) is 24.0 Å². The number of hydrogen-bond acceptors (Lipinski definition) is 4. The number of nitrogens with zero attached hydrogens (tertiary/aromatic N) is 1. The minimum Gasteiger partial charge on any atom is -0.495 e. The summed E-state index contributed by atoms with van der Waals surface area (Å²) in [6.45, 7) is 3.73. The number of aromatic nitrogens is 1. The summed E-state index contributed by atoms with van der Waals surface area (Å²) in [4.78, 5) is 8.84. The Hall–Kier alpha value is -1.13. The van der Waals surface area contributed by atoms with Crippen molar-refractivity contribution >= 4 is 0 Å². The predicted octanol–water partition coefficient (Wildman–Crippen LogP) is 1.22. The van der Waals surface area contributed by atoms with Crippen LogP contribution < -0.4 is 10.6 Å². The van der Waals surface area contributed by atoms with Gasteiger partial charge in [0.05, 0.1) is 13.3 Å². The van der Waals surface area contributed by atoms with Crippen molar-refractivity contribution in [1.82, 2.24) is 4.98 Å². The Bertz CT molecular complexity index is 287. The fourth-order valence-corrected chi connectivity index (χ4v) is 0.928. The van der Waals surface area contributed by atoms with Crippen LogP contribution in [0.25, 0.3) is 0 Å². The Morgan fingerprint density at radius 3 is 2.62 bits per heavy atom. The number of hydrogen-bond donors (Lipinski definition) is 1. The van der Waals surface area contributed by atoms with Gasteiger partial charge in [0.25, 0.3) is 0 Å². The van der Waals surface area contributed by atoms with E-state index in [4.69, 9.17) is 15.5 Å². The van der Waals surface area contributed by atoms with Gasteiger partial charge in [0.1, 0.15) is 11.4 Å². The Morgan fingerprint density at radius 1 is 1.38 bits per heavy atom. The molecule has 0 unspecified atom stereocenters. The maximum atomic E-state index is 5.16. The highest BCUT2D eigenvalue weighted by Crippen LogP contribution is 2.24. The molecule has 0 spiro atoms. The van der Waals surface area contributed by atoms with Gasteiger partial charge in [-0.2, -0.15) is 0 Å². The molecule has 0 amide bonds. The van der Waals surface area contributed by atoms with E-state index >= 15 is 0 Å². The van der Waals surface area contributed by atoms with Gasteiger partial charge < -0.3 is 4.74 Å². The van der Waals surface area contributed by atoms with Crippen LogP contribution in [-0.4, -0.2) is 12.1 Å². The van der Waals surface area contributed by atoms with Crippen LogP contribution in [0, 0.1) is 0 Å². The Labute approximate surface area is 77.6 Å². The third-order valence-electron chi connectivity index (χ3n) is 1.94. The van der Waals surface area contributed by atoms with Gasteiger partial charge in [-0.25, -0.2) is 5.90 Å². The third-order valence-corrected chi connectivity index (χ3v) is 1.94. The summed E-state index contributed by atoms with van der Waals surface area (Å²) in [5.41, 5.74) is 0.344. The average molecular weight is 182 g/mol. The smallest absolute Gasteiger partial charge is 0.137 e. The average Bonchev–Trinajstić information content (AvgIpc) is 2.18. The zero-order chi connectivity index (χ0) is 9.90. The van der Waals surface area contributed by atoms with Crippen LogP contribution in [0.15, 0.2) is 18.5 Å². The van der Waals surface area contributed by atoms with Crippen LogP contribution in [0.4, 0.5) is 0 Å². The maximum Gasteiger partial charge on any atom is 0.137 e. The van der Waals surface area contributed by atoms with Crippen LogP contribution in [-0.2, 0) is 10.4 Å². The van der Waals surface area contributed by atoms with Crippen molar-refractivity contribution in [1.29, 1.82) is 0 Å². The second-order valence-electron chi connectivity index (χ2n) is 3.24. The molecule has 0 aromatic carbocycles. The van der Waals surface area contributed by atoms with Gasteiger partial charge in [-0.15, -0.1) is 0 Å². The van der Waals surface area contributed by atoms with Crippen molar-refractivity contribution in [3.63, 3.8) is 0 Å². The molecule has 0 aliphatic rings. The summed E-state index contributed by atoms with van der Waals surface area (Å²) in [6, 6.07) is 1.85. The summed E-state index contributed by atoms with van der Waals surface area (Å²) >= 11 is 0. The lowest BCUT2D eigenvalue weighted by atomic mass is 10.0. The fourth-order valence-electron chi connectivity index (χ4n) is 0.928. The molecule has 4 nitrogen and oxygen atoms in total. The zero-order valence-electron chi connectivity index (χ0n) is 8.07. The van der Waals surface area contributed by atoms with Gasteiger partial charge in [0.2, 0.25) is 0 Å². The van der Waals surface area contributed by atoms with E-state index in [2.05, 4.69) is 4.98 Å². The SMILES string of the molecule is COc1cncc(C(C)(C)ON)c1. The molecule has 72 valence electrons. The molecule has 1 aromatic rings. The molecular formula is C9H14N2O2. The molecule has 0 aliphatic carbocycles. The van der Waals surface area contributed by atoms with Crippen molar-refractivity contribution in [3.8, 4) is 5.75 Å². The molecule has 0 fully saturated rings. The van der Waals surface area contributed by atoms with E-state index in [1.54, 1.807) is 19.5 Å². The lowest BCUT2D eigenvalue weighted by molar-refractivity contribution is -0.0239. The monoisotopic (exact) mass is 182 g/mol. The first-order chi connectivity index (χ1) is 6.10. The molecule has 1 rings (SSSR count). The molecular weight excluding hydrogens is 168 g/mol. The van der Waals surface area contributed by atoms with E-state index in [-0.39, 0.29) is 0 Å². The molecule has 1 aromatic heterocycles. The largest absolute Gasteiger partial charge is 0.495 e. The maximum absolute atomic E-state index is 5.16. The van der Waals surface area contributed by atoms with E-state index in [1.807, 2.05) is 19.9 Å². The summed E-state index contributed by atoms with van der Waals surface area (Å²) in [5.74, 6) is 5.86. The molecule has 0 bridgehead atoms. The second-order valence-corrected chi connectivity index (χ2v) is 3.24. The second kappa shape index (κ2) is 3.72. The molecule has 13 heavy (non-hydrogen) atoms. The molecule has 0 saturated heterocycles. The normalized spacial score (nSPS) is 11.4. The number of pyridine rings is 1. The number of methoxy groups -OCH3 is 1. The highest BCUT2D eigenvalue weighted by atomic mass is 16.6. The van der Waals surface area contributed by atoms with E-state index in [1.165, 1.54) is 0 Å². The zero-order valence-corrected chi connectivity index (χ0v) is 8.07. The van der Waals surface area contributed by atoms with E-state index in [0.717, 1.165) is 5.56 Å². The highest BCUT2D eigenvalue weighted by Gasteiger charge is 2.21. The number of ether oxygens (including phenoxy) is 1. The third kappa shape index (κ3) is 2.17. The lowest BCUT2D eigenvalue weighted by Gasteiger charge is -2.21. The highest BCUT2D eigenvalue weighted by molar-refractivity contribution is 5.27. The molecule has 1 heterocycles. The van der Waals surface area contributed by atoms with E-state index < -0.39 is 5.60 Å². The fraction of sp³-hybridized carbons (Fsp3) is 0.444. The van der Waals surface area contributed by atoms with E-state index in [0.29, 0.717) is 5.75 Å². The van der Waals surface area contributed by atoms with Crippen LogP contribution in [0.1, 0.15) is 19.4 Å². The van der Waals surface area contributed by atoms with Gasteiger partial charge in [-0.1, -0.05) is 0 Å². The van der Waals surface area contributed by atoms with Crippen LogP contribution in [0.5, 0.6) is 5.75 Å². The van der Waals surface area contributed by atoms with Gasteiger partial charge >= 0.3 is 0 Å². The molecule has 0 atom stereocenters. The van der Waals surface area contributed by atoms with Crippen LogP contribution in [0.2, 0.25) is 0 Å². The van der Waals surface area contributed by atoms with Crippen LogP contribution in [0.3, 0.4) is 0 Å². The molecule has 0 radical (unpaired) electrons. The summed E-state index contributed by atoms with van der Waals surface area (Å²) in [6.07, 6.45) is 3.34. The molecule has 4 heteroatoms. The number of nitrogens with two attached hydrogens (primary N) is 1. The lowest BCUT2D eigenvalue weighted by Crippen LogP contribution is -2.25.